The van der Waals surface area contributed by atoms with E-state index in [-0.39, 0.29) is 10.9 Å². The summed E-state index contributed by atoms with van der Waals surface area (Å²) >= 11 is 1.01. The van der Waals surface area contributed by atoms with E-state index < -0.39 is 12.2 Å². The van der Waals surface area contributed by atoms with Crippen molar-refractivity contribution in [3.8, 4) is 5.75 Å². The van der Waals surface area contributed by atoms with Crippen molar-refractivity contribution in [2.45, 2.75) is 25.6 Å². The molecule has 1 aromatic rings. The molecule has 0 aliphatic carbocycles. The minimum Gasteiger partial charge on any atom is -0.493 e. The third-order valence-corrected chi connectivity index (χ3v) is 3.79. The molecule has 1 heterocycles. The molecular weight excluding hydrogens is 252 g/mol. The van der Waals surface area contributed by atoms with Crippen molar-refractivity contribution >= 4 is 16.9 Å². The van der Waals surface area contributed by atoms with Gasteiger partial charge in [-0.2, -0.15) is 0 Å². The second-order valence-electron chi connectivity index (χ2n) is 4.28. The number of thioether (sulfide) groups is 1. The van der Waals surface area contributed by atoms with Crippen molar-refractivity contribution in [2.75, 3.05) is 12.4 Å². The first kappa shape index (κ1) is 13.4. The topological polar surface area (TPSA) is 66.8 Å². The molecule has 2 unspecified atom stereocenters. The van der Waals surface area contributed by atoms with E-state index in [2.05, 4.69) is 0 Å². The molecule has 2 atom stereocenters. The third kappa shape index (κ3) is 3.04. The van der Waals surface area contributed by atoms with Gasteiger partial charge in [-0.05, 0) is 23.3 Å². The predicted molar refractivity (Wildman–Crippen MR) is 69.7 cm³/mol. The van der Waals surface area contributed by atoms with Crippen molar-refractivity contribution in [1.82, 2.24) is 0 Å². The highest BCUT2D eigenvalue weighted by Gasteiger charge is 2.21. The monoisotopic (exact) mass is 268 g/mol. The third-order valence-electron chi connectivity index (χ3n) is 2.88. The van der Waals surface area contributed by atoms with Crippen molar-refractivity contribution in [2.24, 2.45) is 0 Å². The molecule has 98 valence electrons. The summed E-state index contributed by atoms with van der Waals surface area (Å²) in [6.07, 6.45) is -1.09. The fraction of sp³-hybridized carbons (Fsp3) is 0.462. The van der Waals surface area contributed by atoms with Crippen LogP contribution in [0.1, 0.15) is 24.2 Å². The Kier molecular flexibility index (Phi) is 4.27. The van der Waals surface area contributed by atoms with Gasteiger partial charge in [0.25, 0.3) is 0 Å². The fourth-order valence-corrected chi connectivity index (χ4v) is 2.49. The van der Waals surface area contributed by atoms with E-state index in [9.17, 15) is 15.0 Å². The second-order valence-corrected chi connectivity index (χ2v) is 5.48. The maximum absolute atomic E-state index is 10.8. The summed E-state index contributed by atoms with van der Waals surface area (Å²) in [7, 11) is 0. The summed E-state index contributed by atoms with van der Waals surface area (Å²) in [5, 5.41) is 19.8. The summed E-state index contributed by atoms with van der Waals surface area (Å²) in [5.74, 6) is 1.04. The Bertz CT molecular complexity index is 447. The van der Waals surface area contributed by atoms with Gasteiger partial charge in [0.05, 0.1) is 12.7 Å². The highest BCUT2D eigenvalue weighted by molar-refractivity contribution is 8.13. The van der Waals surface area contributed by atoms with Crippen LogP contribution in [0.2, 0.25) is 0 Å². The van der Waals surface area contributed by atoms with Crippen LogP contribution in [-0.4, -0.2) is 33.8 Å². The number of hydrogen-bond acceptors (Lipinski definition) is 5. The molecule has 1 aliphatic heterocycles. The molecule has 18 heavy (non-hydrogen) atoms. The molecule has 0 aromatic heterocycles. The predicted octanol–water partition coefficient (Wildman–Crippen LogP) is 1.30. The molecular formula is C13H16O4S. The summed E-state index contributed by atoms with van der Waals surface area (Å²) in [5.41, 5.74) is 1.72. The Morgan fingerprint density at radius 2 is 2.28 bits per heavy atom. The van der Waals surface area contributed by atoms with E-state index in [1.807, 2.05) is 12.1 Å². The number of fused-ring (bicyclic) bond motifs is 1. The van der Waals surface area contributed by atoms with Crippen LogP contribution in [0.4, 0.5) is 0 Å². The fourth-order valence-electron chi connectivity index (χ4n) is 1.91. The molecule has 0 bridgehead atoms. The van der Waals surface area contributed by atoms with E-state index in [4.69, 9.17) is 4.74 Å². The zero-order valence-corrected chi connectivity index (χ0v) is 10.9. The number of carbonyl (C=O) groups excluding carboxylic acids is 1. The number of benzene rings is 1. The van der Waals surface area contributed by atoms with Crippen molar-refractivity contribution in [3.63, 3.8) is 0 Å². The van der Waals surface area contributed by atoms with Crippen LogP contribution in [-0.2, 0) is 11.2 Å². The van der Waals surface area contributed by atoms with E-state index in [1.54, 1.807) is 6.07 Å². The average Bonchev–Trinajstić information content (AvgIpc) is 2.81. The zero-order valence-electron chi connectivity index (χ0n) is 10.1. The Morgan fingerprint density at radius 1 is 1.50 bits per heavy atom. The lowest BCUT2D eigenvalue weighted by molar-refractivity contribution is -0.109. The van der Waals surface area contributed by atoms with Crippen LogP contribution >= 0.6 is 11.8 Å². The number of ether oxygens (including phenoxy) is 1. The van der Waals surface area contributed by atoms with Crippen LogP contribution in [0, 0.1) is 0 Å². The number of hydrogen-bond donors (Lipinski definition) is 2. The molecule has 1 aromatic carbocycles. The van der Waals surface area contributed by atoms with E-state index in [0.717, 1.165) is 29.5 Å². The van der Waals surface area contributed by atoms with Gasteiger partial charge in [-0.15, -0.1) is 0 Å². The number of aliphatic hydroxyl groups excluding tert-OH is 2. The minimum atomic E-state index is -0.970. The molecule has 0 radical (unpaired) electrons. The van der Waals surface area contributed by atoms with Crippen molar-refractivity contribution in [3.05, 3.63) is 29.3 Å². The first-order valence-corrected chi connectivity index (χ1v) is 6.81. The van der Waals surface area contributed by atoms with E-state index in [1.165, 1.54) is 6.92 Å². The Labute approximate surface area is 110 Å². The lowest BCUT2D eigenvalue weighted by Crippen LogP contribution is -2.21. The van der Waals surface area contributed by atoms with Crippen LogP contribution in [0.3, 0.4) is 0 Å². The van der Waals surface area contributed by atoms with E-state index in [0.29, 0.717) is 12.2 Å². The Balaban J connectivity index is 2.04. The maximum Gasteiger partial charge on any atom is 0.185 e. The van der Waals surface area contributed by atoms with Gasteiger partial charge in [0.2, 0.25) is 0 Å². The smallest absolute Gasteiger partial charge is 0.185 e. The summed E-state index contributed by atoms with van der Waals surface area (Å²) in [6.45, 7) is 2.11. The highest BCUT2D eigenvalue weighted by Crippen LogP contribution is 2.29. The van der Waals surface area contributed by atoms with Gasteiger partial charge in [0.1, 0.15) is 11.9 Å². The van der Waals surface area contributed by atoms with Gasteiger partial charge in [-0.25, -0.2) is 0 Å². The lowest BCUT2D eigenvalue weighted by atomic mass is 10.0. The largest absolute Gasteiger partial charge is 0.493 e. The molecule has 0 saturated carbocycles. The molecule has 5 heteroatoms. The number of carbonyl (C=O) groups is 1. The molecule has 0 amide bonds. The van der Waals surface area contributed by atoms with Gasteiger partial charge < -0.3 is 14.9 Å². The SMILES string of the molecule is CC(=O)SCC(O)C(O)c1ccc2c(c1)CCO2. The van der Waals surface area contributed by atoms with Crippen LogP contribution in [0.15, 0.2) is 18.2 Å². The number of aliphatic hydroxyl groups is 2. The standard InChI is InChI=1S/C13H16O4S/c1-8(14)18-7-11(15)13(16)10-2-3-12-9(6-10)4-5-17-12/h2-3,6,11,13,15-16H,4-5,7H2,1H3. The van der Waals surface area contributed by atoms with Crippen molar-refractivity contribution in [1.29, 1.82) is 0 Å². The highest BCUT2D eigenvalue weighted by atomic mass is 32.2. The molecule has 0 fully saturated rings. The van der Waals surface area contributed by atoms with Gasteiger partial charge in [0.15, 0.2) is 5.12 Å². The first-order valence-electron chi connectivity index (χ1n) is 5.83. The van der Waals surface area contributed by atoms with Crippen LogP contribution in [0.5, 0.6) is 5.75 Å². The Morgan fingerprint density at radius 3 is 3.00 bits per heavy atom. The molecule has 2 rings (SSSR count). The van der Waals surface area contributed by atoms with Crippen molar-refractivity contribution < 1.29 is 19.7 Å². The normalized spacial score (nSPS) is 16.8. The van der Waals surface area contributed by atoms with E-state index >= 15 is 0 Å². The molecule has 1 aliphatic rings. The maximum atomic E-state index is 10.8. The summed E-state index contributed by atoms with van der Waals surface area (Å²) in [6, 6.07) is 5.41. The quantitative estimate of drug-likeness (QED) is 0.861. The average molecular weight is 268 g/mol. The van der Waals surface area contributed by atoms with Gasteiger partial charge in [-0.3, -0.25) is 4.79 Å². The second kappa shape index (κ2) is 5.73. The number of rotatable bonds is 4. The van der Waals surface area contributed by atoms with Gasteiger partial charge >= 0.3 is 0 Å². The van der Waals surface area contributed by atoms with Gasteiger partial charge in [-0.1, -0.05) is 17.8 Å². The van der Waals surface area contributed by atoms with Crippen LogP contribution in [0.25, 0.3) is 0 Å². The molecule has 0 spiro atoms. The zero-order chi connectivity index (χ0) is 13.1. The first-order chi connectivity index (χ1) is 8.58. The molecule has 2 N–H and O–H groups in total. The summed E-state index contributed by atoms with van der Waals surface area (Å²) < 4.78 is 5.38. The Hall–Kier alpha value is -1.04. The van der Waals surface area contributed by atoms with Gasteiger partial charge in [0, 0.05) is 19.1 Å². The lowest BCUT2D eigenvalue weighted by Gasteiger charge is -2.17. The minimum absolute atomic E-state index is 0.0661. The summed E-state index contributed by atoms with van der Waals surface area (Å²) in [4.78, 5) is 10.8. The molecule has 0 saturated heterocycles. The molecule has 4 nitrogen and oxygen atoms in total. The van der Waals surface area contributed by atoms with Crippen LogP contribution < -0.4 is 4.74 Å².